The van der Waals surface area contributed by atoms with Crippen LogP contribution in [0.15, 0.2) is 78.9 Å². The van der Waals surface area contributed by atoms with E-state index in [2.05, 4.69) is 5.10 Å². The van der Waals surface area contributed by atoms with Crippen molar-refractivity contribution in [1.82, 2.24) is 9.78 Å². The molecule has 1 heterocycles. The third-order valence-corrected chi connectivity index (χ3v) is 5.16. The fourth-order valence-corrected chi connectivity index (χ4v) is 3.46. The van der Waals surface area contributed by atoms with Crippen molar-refractivity contribution in [2.24, 2.45) is 0 Å². The minimum Gasteiger partial charge on any atom is -0.403 e. The predicted octanol–water partition coefficient (Wildman–Crippen LogP) is 6.43. The van der Waals surface area contributed by atoms with Gasteiger partial charge in [0.25, 0.3) is 0 Å². The molecule has 4 rings (SSSR count). The zero-order valence-electron chi connectivity index (χ0n) is 16.2. The molecular weight excluding hydrogens is 419 g/mol. The molecular formula is C24H18Cl2N2O2. The molecule has 0 N–H and O–H groups in total. The number of aromatic nitrogens is 2. The molecule has 150 valence electrons. The standard InChI is InChI=1S/C24H18Cl2N2O2/c1-16-22(18-5-3-2-4-6-18)23(30-24(29)19-9-13-21(26)14-10-19)28(27-16)15-17-7-11-20(25)12-8-17/h2-14H,15H2,1H3. The summed E-state index contributed by atoms with van der Waals surface area (Å²) >= 11 is 11.9. The Morgan fingerprint density at radius 2 is 1.50 bits per heavy atom. The Balaban J connectivity index is 1.75. The van der Waals surface area contributed by atoms with Crippen molar-refractivity contribution in [3.8, 4) is 17.0 Å². The van der Waals surface area contributed by atoms with Crippen molar-refractivity contribution in [1.29, 1.82) is 0 Å². The highest BCUT2D eigenvalue weighted by atomic mass is 35.5. The summed E-state index contributed by atoms with van der Waals surface area (Å²) < 4.78 is 7.57. The van der Waals surface area contributed by atoms with Crippen LogP contribution in [-0.4, -0.2) is 15.7 Å². The van der Waals surface area contributed by atoms with Gasteiger partial charge in [0.1, 0.15) is 0 Å². The Kier molecular flexibility index (Phi) is 5.88. The van der Waals surface area contributed by atoms with Crippen molar-refractivity contribution in [2.75, 3.05) is 0 Å². The van der Waals surface area contributed by atoms with Crippen molar-refractivity contribution in [2.45, 2.75) is 13.5 Å². The van der Waals surface area contributed by atoms with Gasteiger partial charge in [0.2, 0.25) is 5.88 Å². The van der Waals surface area contributed by atoms with Crippen molar-refractivity contribution >= 4 is 29.2 Å². The maximum Gasteiger partial charge on any atom is 0.344 e. The third-order valence-electron chi connectivity index (χ3n) is 4.66. The van der Waals surface area contributed by atoms with E-state index in [9.17, 15) is 4.79 Å². The predicted molar refractivity (Wildman–Crippen MR) is 119 cm³/mol. The number of benzene rings is 3. The molecule has 1 aromatic heterocycles. The number of carbonyl (C=O) groups excluding carboxylic acids is 1. The molecule has 4 aromatic rings. The van der Waals surface area contributed by atoms with Crippen LogP contribution < -0.4 is 4.74 Å². The Morgan fingerprint density at radius 3 is 2.13 bits per heavy atom. The molecule has 4 nitrogen and oxygen atoms in total. The van der Waals surface area contributed by atoms with Gasteiger partial charge in [0.05, 0.1) is 23.4 Å². The minimum atomic E-state index is -0.471. The zero-order chi connectivity index (χ0) is 21.1. The highest BCUT2D eigenvalue weighted by Crippen LogP contribution is 2.34. The fourth-order valence-electron chi connectivity index (χ4n) is 3.20. The highest BCUT2D eigenvalue weighted by molar-refractivity contribution is 6.30. The first-order valence-corrected chi connectivity index (χ1v) is 10.1. The molecule has 0 aliphatic heterocycles. The van der Waals surface area contributed by atoms with Crippen LogP contribution in [0.5, 0.6) is 5.88 Å². The lowest BCUT2D eigenvalue weighted by molar-refractivity contribution is 0.0720. The van der Waals surface area contributed by atoms with Gasteiger partial charge in [0, 0.05) is 10.0 Å². The maximum absolute atomic E-state index is 12.8. The number of hydrogen-bond acceptors (Lipinski definition) is 3. The van der Waals surface area contributed by atoms with E-state index in [4.69, 9.17) is 27.9 Å². The van der Waals surface area contributed by atoms with E-state index >= 15 is 0 Å². The van der Waals surface area contributed by atoms with Crippen molar-refractivity contribution in [3.05, 3.63) is 106 Å². The maximum atomic E-state index is 12.8. The Bertz CT molecular complexity index is 1170. The van der Waals surface area contributed by atoms with E-state index in [1.807, 2.05) is 61.5 Å². The molecule has 0 spiro atoms. The zero-order valence-corrected chi connectivity index (χ0v) is 17.7. The van der Waals surface area contributed by atoms with Crippen LogP contribution in [0, 0.1) is 6.92 Å². The smallest absolute Gasteiger partial charge is 0.344 e. The van der Waals surface area contributed by atoms with Gasteiger partial charge < -0.3 is 4.74 Å². The van der Waals surface area contributed by atoms with E-state index in [1.54, 1.807) is 28.9 Å². The number of hydrogen-bond donors (Lipinski definition) is 0. The van der Waals surface area contributed by atoms with E-state index in [-0.39, 0.29) is 0 Å². The molecule has 0 aliphatic carbocycles. The SMILES string of the molecule is Cc1nn(Cc2ccc(Cl)cc2)c(OC(=O)c2ccc(Cl)cc2)c1-c1ccccc1. The largest absolute Gasteiger partial charge is 0.403 e. The summed E-state index contributed by atoms with van der Waals surface area (Å²) in [4.78, 5) is 12.8. The second kappa shape index (κ2) is 8.74. The lowest BCUT2D eigenvalue weighted by atomic mass is 10.1. The van der Waals surface area contributed by atoms with Gasteiger partial charge in [-0.05, 0) is 54.4 Å². The normalized spacial score (nSPS) is 10.8. The summed E-state index contributed by atoms with van der Waals surface area (Å²) in [5, 5.41) is 5.87. The lowest BCUT2D eigenvalue weighted by Gasteiger charge is -2.11. The van der Waals surface area contributed by atoms with Crippen LogP contribution in [-0.2, 0) is 6.54 Å². The van der Waals surface area contributed by atoms with Gasteiger partial charge in [-0.2, -0.15) is 5.10 Å². The Labute approximate surface area is 184 Å². The summed E-state index contributed by atoms with van der Waals surface area (Å²) in [6.45, 7) is 2.34. The first kappa shape index (κ1) is 20.2. The van der Waals surface area contributed by atoms with Crippen LogP contribution in [0.2, 0.25) is 10.0 Å². The second-order valence-electron chi connectivity index (χ2n) is 6.81. The first-order valence-electron chi connectivity index (χ1n) is 9.36. The van der Waals surface area contributed by atoms with Crippen LogP contribution in [0.1, 0.15) is 21.6 Å². The average Bonchev–Trinajstić information content (AvgIpc) is 3.05. The molecule has 0 atom stereocenters. The third kappa shape index (κ3) is 4.40. The topological polar surface area (TPSA) is 44.1 Å². The highest BCUT2D eigenvalue weighted by Gasteiger charge is 2.22. The summed E-state index contributed by atoms with van der Waals surface area (Å²) in [5.74, 6) is -0.0743. The molecule has 0 amide bonds. The quantitative estimate of drug-likeness (QED) is 0.338. The molecule has 30 heavy (non-hydrogen) atoms. The summed E-state index contributed by atoms with van der Waals surface area (Å²) in [7, 11) is 0. The minimum absolute atomic E-state index is 0.397. The number of halogens is 2. The van der Waals surface area contributed by atoms with Crippen molar-refractivity contribution in [3.63, 3.8) is 0 Å². The molecule has 0 unspecified atom stereocenters. The second-order valence-corrected chi connectivity index (χ2v) is 7.68. The van der Waals surface area contributed by atoms with Gasteiger partial charge in [-0.25, -0.2) is 9.48 Å². The van der Waals surface area contributed by atoms with Gasteiger partial charge in [-0.15, -0.1) is 0 Å². The van der Waals surface area contributed by atoms with Crippen LogP contribution in [0.3, 0.4) is 0 Å². The summed E-state index contributed by atoms with van der Waals surface area (Å²) in [6.07, 6.45) is 0. The molecule has 6 heteroatoms. The Morgan fingerprint density at radius 1 is 0.900 bits per heavy atom. The van der Waals surface area contributed by atoms with Gasteiger partial charge >= 0.3 is 5.97 Å². The van der Waals surface area contributed by atoms with E-state index < -0.39 is 5.97 Å². The number of carbonyl (C=O) groups is 1. The molecule has 3 aromatic carbocycles. The number of aryl methyl sites for hydroxylation is 1. The molecule has 0 radical (unpaired) electrons. The first-order chi connectivity index (χ1) is 14.5. The average molecular weight is 437 g/mol. The molecule has 0 fully saturated rings. The fraction of sp³-hybridized carbons (Fsp3) is 0.0833. The molecule has 0 bridgehead atoms. The Hall–Kier alpha value is -3.08. The van der Waals surface area contributed by atoms with E-state index in [1.165, 1.54) is 0 Å². The lowest BCUT2D eigenvalue weighted by Crippen LogP contribution is -2.13. The monoisotopic (exact) mass is 436 g/mol. The number of rotatable bonds is 5. The van der Waals surface area contributed by atoms with Crippen LogP contribution >= 0.6 is 23.2 Å². The summed E-state index contributed by atoms with van der Waals surface area (Å²) in [6, 6.07) is 23.8. The van der Waals surface area contributed by atoms with Gasteiger partial charge in [-0.3, -0.25) is 0 Å². The molecule has 0 saturated heterocycles. The van der Waals surface area contributed by atoms with Crippen molar-refractivity contribution < 1.29 is 9.53 Å². The number of nitrogens with zero attached hydrogens (tertiary/aromatic N) is 2. The number of esters is 1. The molecule has 0 aliphatic rings. The summed E-state index contributed by atoms with van der Waals surface area (Å²) in [5.41, 5.74) is 3.89. The van der Waals surface area contributed by atoms with E-state index in [0.717, 1.165) is 22.4 Å². The number of ether oxygens (including phenoxy) is 1. The van der Waals surface area contributed by atoms with E-state index in [0.29, 0.717) is 28.0 Å². The van der Waals surface area contributed by atoms with Crippen LogP contribution in [0.25, 0.3) is 11.1 Å². The van der Waals surface area contributed by atoms with Gasteiger partial charge in [-0.1, -0.05) is 65.7 Å². The molecule has 0 saturated carbocycles. The van der Waals surface area contributed by atoms with Crippen LogP contribution in [0.4, 0.5) is 0 Å². The van der Waals surface area contributed by atoms with Gasteiger partial charge in [0.15, 0.2) is 0 Å².